The number of ether oxygens (including phenoxy) is 1. The van der Waals surface area contributed by atoms with Gasteiger partial charge in [0.2, 0.25) is 0 Å². The largest absolute Gasteiger partial charge is 0.444 e. The summed E-state index contributed by atoms with van der Waals surface area (Å²) in [5.41, 5.74) is 3.60. The van der Waals surface area contributed by atoms with Gasteiger partial charge in [0.1, 0.15) is 5.60 Å². The van der Waals surface area contributed by atoms with Gasteiger partial charge in [-0.1, -0.05) is 18.2 Å². The minimum atomic E-state index is -0.480. The van der Waals surface area contributed by atoms with Crippen LogP contribution in [0.4, 0.5) is 4.79 Å². The number of fused-ring (bicyclic) bond motifs is 1. The van der Waals surface area contributed by atoms with Crippen molar-refractivity contribution < 1.29 is 14.3 Å². The Labute approximate surface area is 152 Å². The lowest BCUT2D eigenvalue weighted by Crippen LogP contribution is -2.52. The van der Waals surface area contributed by atoms with Crippen molar-refractivity contribution in [3.63, 3.8) is 0 Å². The first-order valence-electron chi connectivity index (χ1n) is 8.99. The fourth-order valence-electron chi connectivity index (χ4n) is 3.54. The van der Waals surface area contributed by atoms with E-state index < -0.39 is 5.60 Å². The molecule has 0 radical (unpaired) electrons. The maximum atomic E-state index is 12.0. The molecule has 1 aromatic heterocycles. The molecule has 26 heavy (non-hydrogen) atoms. The summed E-state index contributed by atoms with van der Waals surface area (Å²) in [5, 5.41) is 4.48. The van der Waals surface area contributed by atoms with E-state index in [1.807, 2.05) is 56.0 Å². The van der Waals surface area contributed by atoms with Gasteiger partial charge in [-0.15, -0.1) is 0 Å². The minimum absolute atomic E-state index is 0.162. The molecule has 2 heterocycles. The summed E-state index contributed by atoms with van der Waals surface area (Å²) in [4.78, 5) is 25.7. The number of hydrogen-bond acceptors (Lipinski definition) is 4. The maximum Gasteiger partial charge on any atom is 0.410 e. The molecule has 6 nitrogen and oxygen atoms in total. The Kier molecular flexibility index (Phi) is 3.86. The zero-order valence-corrected chi connectivity index (χ0v) is 15.4. The van der Waals surface area contributed by atoms with E-state index in [1.54, 1.807) is 4.90 Å². The third-order valence-corrected chi connectivity index (χ3v) is 4.88. The second-order valence-corrected chi connectivity index (χ2v) is 8.00. The Hall–Kier alpha value is -2.63. The number of hydrogen-bond donors (Lipinski definition) is 0. The van der Waals surface area contributed by atoms with Crippen LogP contribution in [-0.2, 0) is 11.2 Å². The lowest BCUT2D eigenvalue weighted by atomic mass is 9.99. The average Bonchev–Trinajstić information content (AvgIpc) is 3.12. The van der Waals surface area contributed by atoms with E-state index in [4.69, 9.17) is 4.74 Å². The van der Waals surface area contributed by atoms with Crippen LogP contribution >= 0.6 is 0 Å². The standard InChI is InChI=1S/C20H23N3O3/c1-20(2,3)26-19(25)22-11-14(12-22)23-10-13(9-21-23)15-5-4-6-17-16(15)7-8-18(17)24/h4-6,9-10,14H,7-8,11-12H2,1-3H3. The van der Waals surface area contributed by atoms with Crippen molar-refractivity contribution in [1.82, 2.24) is 14.7 Å². The van der Waals surface area contributed by atoms with Crippen molar-refractivity contribution in [1.29, 1.82) is 0 Å². The second kappa shape index (κ2) is 5.97. The monoisotopic (exact) mass is 353 g/mol. The number of Topliss-reactive ketones (excluding diaryl/α,β-unsaturated/α-hetero) is 1. The molecule has 0 bridgehead atoms. The zero-order valence-electron chi connectivity index (χ0n) is 15.4. The van der Waals surface area contributed by atoms with E-state index in [2.05, 4.69) is 5.10 Å². The highest BCUT2D eigenvalue weighted by Gasteiger charge is 2.35. The molecule has 0 unspecified atom stereocenters. The molecule has 0 saturated carbocycles. The quantitative estimate of drug-likeness (QED) is 0.829. The number of aromatic nitrogens is 2. The van der Waals surface area contributed by atoms with Gasteiger partial charge in [-0.2, -0.15) is 5.10 Å². The molecule has 0 spiro atoms. The highest BCUT2D eigenvalue weighted by molar-refractivity contribution is 6.02. The molecule has 1 aliphatic heterocycles. The summed E-state index contributed by atoms with van der Waals surface area (Å²) in [6.45, 7) is 6.80. The number of rotatable bonds is 2. The van der Waals surface area contributed by atoms with Crippen molar-refractivity contribution in [2.45, 2.75) is 45.3 Å². The first kappa shape index (κ1) is 16.8. The number of carbonyl (C=O) groups excluding carboxylic acids is 2. The molecule has 4 rings (SSSR count). The summed E-state index contributed by atoms with van der Waals surface area (Å²) in [6.07, 6.45) is 4.96. The second-order valence-electron chi connectivity index (χ2n) is 8.00. The first-order chi connectivity index (χ1) is 12.3. The Balaban J connectivity index is 1.46. The van der Waals surface area contributed by atoms with Gasteiger partial charge in [-0.3, -0.25) is 9.48 Å². The number of ketones is 1. The van der Waals surface area contributed by atoms with E-state index >= 15 is 0 Å². The van der Waals surface area contributed by atoms with Crippen molar-refractivity contribution in [3.8, 4) is 11.1 Å². The van der Waals surface area contributed by atoms with Gasteiger partial charge >= 0.3 is 6.09 Å². The summed E-state index contributed by atoms with van der Waals surface area (Å²) >= 11 is 0. The first-order valence-corrected chi connectivity index (χ1v) is 8.99. The third kappa shape index (κ3) is 3.00. The SMILES string of the molecule is CC(C)(C)OC(=O)N1CC(n2cc(-c3cccc4c3CCC4=O)cn2)C1. The Morgan fingerprint density at radius 2 is 1.92 bits per heavy atom. The summed E-state index contributed by atoms with van der Waals surface area (Å²) < 4.78 is 7.30. The van der Waals surface area contributed by atoms with Gasteiger partial charge in [0.05, 0.1) is 12.2 Å². The zero-order chi connectivity index (χ0) is 18.5. The lowest BCUT2D eigenvalue weighted by Gasteiger charge is -2.39. The van der Waals surface area contributed by atoms with Crippen LogP contribution in [0.5, 0.6) is 0 Å². The van der Waals surface area contributed by atoms with Crippen LogP contribution in [0, 0.1) is 0 Å². The number of likely N-dealkylation sites (tertiary alicyclic amines) is 1. The van der Waals surface area contributed by atoms with Gasteiger partial charge in [0.25, 0.3) is 0 Å². The van der Waals surface area contributed by atoms with Crippen LogP contribution < -0.4 is 0 Å². The lowest BCUT2D eigenvalue weighted by molar-refractivity contribution is -0.000387. The van der Waals surface area contributed by atoms with Crippen LogP contribution in [0.15, 0.2) is 30.6 Å². The smallest absolute Gasteiger partial charge is 0.410 e. The normalized spacial score (nSPS) is 17.2. The molecule has 1 amide bonds. The molecule has 136 valence electrons. The molecule has 2 aliphatic rings. The van der Waals surface area contributed by atoms with E-state index in [1.165, 1.54) is 0 Å². The van der Waals surface area contributed by atoms with E-state index in [0.29, 0.717) is 19.5 Å². The predicted octanol–water partition coefficient (Wildman–Crippen LogP) is 3.47. The molecule has 1 saturated heterocycles. The van der Waals surface area contributed by atoms with Crippen molar-refractivity contribution in [2.24, 2.45) is 0 Å². The Morgan fingerprint density at radius 1 is 1.19 bits per heavy atom. The molecule has 0 N–H and O–H groups in total. The van der Waals surface area contributed by atoms with Gasteiger partial charge in [0, 0.05) is 36.8 Å². The van der Waals surface area contributed by atoms with Gasteiger partial charge in [0.15, 0.2) is 5.78 Å². The molecule has 6 heteroatoms. The van der Waals surface area contributed by atoms with Crippen molar-refractivity contribution in [3.05, 3.63) is 41.7 Å². The van der Waals surface area contributed by atoms with Crippen LogP contribution in [0.25, 0.3) is 11.1 Å². The van der Waals surface area contributed by atoms with Crippen molar-refractivity contribution >= 4 is 11.9 Å². The minimum Gasteiger partial charge on any atom is -0.444 e. The fraction of sp³-hybridized carbons (Fsp3) is 0.450. The van der Waals surface area contributed by atoms with Crippen LogP contribution in [0.3, 0.4) is 0 Å². The molecular weight excluding hydrogens is 330 g/mol. The van der Waals surface area contributed by atoms with Gasteiger partial charge in [-0.25, -0.2) is 4.79 Å². The Morgan fingerprint density at radius 3 is 2.65 bits per heavy atom. The summed E-state index contributed by atoms with van der Waals surface area (Å²) in [5.74, 6) is 0.223. The fourth-order valence-corrected chi connectivity index (χ4v) is 3.54. The van der Waals surface area contributed by atoms with E-state index in [0.717, 1.165) is 28.7 Å². The highest BCUT2D eigenvalue weighted by Crippen LogP contribution is 2.33. The van der Waals surface area contributed by atoms with E-state index in [-0.39, 0.29) is 17.9 Å². The van der Waals surface area contributed by atoms with Crippen LogP contribution in [-0.4, -0.2) is 45.2 Å². The third-order valence-electron chi connectivity index (χ3n) is 4.88. The maximum absolute atomic E-state index is 12.0. The molecule has 0 atom stereocenters. The predicted molar refractivity (Wildman–Crippen MR) is 97.2 cm³/mol. The number of carbonyl (C=O) groups is 2. The van der Waals surface area contributed by atoms with Gasteiger partial charge < -0.3 is 9.64 Å². The number of benzene rings is 1. The topological polar surface area (TPSA) is 64.4 Å². The summed E-state index contributed by atoms with van der Waals surface area (Å²) in [6, 6.07) is 6.05. The van der Waals surface area contributed by atoms with E-state index in [9.17, 15) is 9.59 Å². The molecule has 2 aromatic rings. The molecule has 1 aliphatic carbocycles. The molecule has 1 aromatic carbocycles. The number of nitrogens with zero attached hydrogens (tertiary/aromatic N) is 3. The van der Waals surface area contributed by atoms with Crippen molar-refractivity contribution in [2.75, 3.05) is 13.1 Å². The highest BCUT2D eigenvalue weighted by atomic mass is 16.6. The molecule has 1 fully saturated rings. The van der Waals surface area contributed by atoms with Gasteiger partial charge in [-0.05, 0) is 38.3 Å². The van der Waals surface area contributed by atoms with Crippen LogP contribution in [0.2, 0.25) is 0 Å². The summed E-state index contributed by atoms with van der Waals surface area (Å²) in [7, 11) is 0. The molecular formula is C20H23N3O3. The number of amides is 1. The van der Waals surface area contributed by atoms with Crippen LogP contribution in [0.1, 0.15) is 49.2 Å². The Bertz CT molecular complexity index is 873. The average molecular weight is 353 g/mol.